The van der Waals surface area contributed by atoms with Gasteiger partial charge in [0.05, 0.1) is 11.4 Å². The van der Waals surface area contributed by atoms with Crippen molar-refractivity contribution in [2.24, 2.45) is 4.99 Å². The van der Waals surface area contributed by atoms with Crippen molar-refractivity contribution < 1.29 is 17.9 Å². The number of nitrogens with zero attached hydrogens (tertiary/aromatic N) is 1. The van der Waals surface area contributed by atoms with E-state index in [4.69, 9.17) is 4.42 Å². The van der Waals surface area contributed by atoms with E-state index in [9.17, 15) is 13.5 Å². The van der Waals surface area contributed by atoms with E-state index in [1.165, 1.54) is 0 Å². The fraction of sp³-hybridized carbons (Fsp3) is 0.476. The van der Waals surface area contributed by atoms with Gasteiger partial charge in [0.1, 0.15) is 17.1 Å². The lowest BCUT2D eigenvalue weighted by Crippen LogP contribution is -2.42. The van der Waals surface area contributed by atoms with Gasteiger partial charge in [0, 0.05) is 19.6 Å². The third-order valence-corrected chi connectivity index (χ3v) is 6.11. The van der Waals surface area contributed by atoms with E-state index in [0.29, 0.717) is 30.4 Å². The van der Waals surface area contributed by atoms with Crippen LogP contribution in [0.4, 0.5) is 0 Å². The number of sulfonamides is 1. The summed E-state index contributed by atoms with van der Waals surface area (Å²) in [4.78, 5) is 4.68. The lowest BCUT2D eigenvalue weighted by molar-refractivity contribution is 0.0428. The van der Waals surface area contributed by atoms with Gasteiger partial charge >= 0.3 is 0 Å². The number of hydrogen-bond acceptors (Lipinski definition) is 5. The molecule has 166 valence electrons. The van der Waals surface area contributed by atoms with E-state index in [1.54, 1.807) is 38.1 Å². The van der Waals surface area contributed by atoms with Gasteiger partial charge in [-0.2, -0.15) is 0 Å². The Morgan fingerprint density at radius 2 is 1.87 bits per heavy atom. The molecule has 9 heteroatoms. The molecule has 0 aliphatic carbocycles. The number of hydrogen-bond donors (Lipinski definition) is 4. The highest BCUT2D eigenvalue weighted by Gasteiger charge is 2.26. The lowest BCUT2D eigenvalue weighted by Gasteiger charge is -2.19. The first-order chi connectivity index (χ1) is 14.0. The Labute approximate surface area is 178 Å². The molecule has 4 N–H and O–H groups in total. The van der Waals surface area contributed by atoms with Crippen LogP contribution in [0.3, 0.4) is 0 Å². The van der Waals surface area contributed by atoms with Crippen LogP contribution in [0.25, 0.3) is 0 Å². The van der Waals surface area contributed by atoms with E-state index in [0.717, 1.165) is 11.3 Å². The molecule has 0 aliphatic rings. The molecule has 1 unspecified atom stereocenters. The molecule has 0 bridgehead atoms. The maximum absolute atomic E-state index is 12.6. The van der Waals surface area contributed by atoms with Crippen LogP contribution in [0.5, 0.6) is 0 Å². The first-order valence-electron chi connectivity index (χ1n) is 9.93. The Balaban J connectivity index is 1.94. The normalized spacial score (nSPS) is 14.4. The number of furan rings is 1. The first-order valence-corrected chi connectivity index (χ1v) is 11.4. The van der Waals surface area contributed by atoms with Crippen LogP contribution >= 0.6 is 0 Å². The summed E-state index contributed by atoms with van der Waals surface area (Å²) in [5.74, 6) is 1.64. The van der Waals surface area contributed by atoms with Crippen LogP contribution in [0.1, 0.15) is 36.5 Å². The van der Waals surface area contributed by atoms with Crippen LogP contribution < -0.4 is 15.4 Å². The Bertz CT molecular complexity index is 981. The van der Waals surface area contributed by atoms with E-state index in [-0.39, 0.29) is 18.0 Å². The monoisotopic (exact) mass is 436 g/mol. The first kappa shape index (κ1) is 23.9. The highest BCUT2D eigenvalue weighted by Crippen LogP contribution is 2.23. The van der Waals surface area contributed by atoms with Crippen molar-refractivity contribution in [3.63, 3.8) is 0 Å². The molecule has 0 fully saturated rings. The van der Waals surface area contributed by atoms with Gasteiger partial charge in [0.25, 0.3) is 0 Å². The van der Waals surface area contributed by atoms with Gasteiger partial charge in [-0.15, -0.1) is 0 Å². The van der Waals surface area contributed by atoms with Crippen molar-refractivity contribution in [2.75, 3.05) is 26.2 Å². The minimum absolute atomic E-state index is 0.0868. The van der Waals surface area contributed by atoms with Crippen molar-refractivity contribution in [3.8, 4) is 0 Å². The second-order valence-corrected chi connectivity index (χ2v) is 9.21. The smallest absolute Gasteiger partial charge is 0.240 e. The van der Waals surface area contributed by atoms with Gasteiger partial charge in [0.2, 0.25) is 10.0 Å². The number of nitrogens with one attached hydrogen (secondary N) is 3. The third kappa shape index (κ3) is 6.58. The zero-order valence-electron chi connectivity index (χ0n) is 18.2. The van der Waals surface area contributed by atoms with E-state index >= 15 is 0 Å². The zero-order valence-corrected chi connectivity index (χ0v) is 19.1. The molecule has 0 saturated carbocycles. The zero-order chi connectivity index (χ0) is 22.4. The Morgan fingerprint density at radius 1 is 1.13 bits per heavy atom. The number of aryl methyl sites for hydroxylation is 3. The summed E-state index contributed by atoms with van der Waals surface area (Å²) in [5, 5.41) is 16.8. The quantitative estimate of drug-likeness (QED) is 0.271. The molecule has 30 heavy (non-hydrogen) atoms. The number of rotatable bonds is 9. The van der Waals surface area contributed by atoms with Gasteiger partial charge in [0.15, 0.2) is 5.96 Å². The summed E-state index contributed by atoms with van der Waals surface area (Å²) in [7, 11) is -3.60. The molecule has 0 amide bonds. The SMILES string of the molecule is CCNC(=NCC(C)(O)c1ccc(C)o1)NCCNS(=O)(=O)c1cc(C)ccc1C. The number of aliphatic hydroxyl groups is 1. The van der Waals surface area contributed by atoms with Crippen molar-refractivity contribution in [1.82, 2.24) is 15.4 Å². The number of aliphatic imine (C=N–C) groups is 1. The maximum atomic E-state index is 12.6. The lowest BCUT2D eigenvalue weighted by atomic mass is 10.0. The molecule has 0 aliphatic heterocycles. The summed E-state index contributed by atoms with van der Waals surface area (Å²) in [6.07, 6.45) is 0. The second-order valence-electron chi connectivity index (χ2n) is 7.47. The molecule has 1 aromatic carbocycles. The highest BCUT2D eigenvalue weighted by molar-refractivity contribution is 7.89. The fourth-order valence-corrected chi connectivity index (χ4v) is 4.18. The summed E-state index contributed by atoms with van der Waals surface area (Å²) >= 11 is 0. The van der Waals surface area contributed by atoms with Gasteiger partial charge < -0.3 is 20.2 Å². The van der Waals surface area contributed by atoms with Gasteiger partial charge in [-0.1, -0.05) is 12.1 Å². The van der Waals surface area contributed by atoms with Crippen molar-refractivity contribution in [2.45, 2.75) is 45.1 Å². The third-order valence-electron chi connectivity index (χ3n) is 4.50. The predicted molar refractivity (Wildman–Crippen MR) is 118 cm³/mol. The Hall–Kier alpha value is -2.36. The van der Waals surface area contributed by atoms with Crippen LogP contribution in [0, 0.1) is 20.8 Å². The molecule has 8 nitrogen and oxygen atoms in total. The van der Waals surface area contributed by atoms with E-state index in [1.807, 2.05) is 26.8 Å². The summed E-state index contributed by atoms with van der Waals surface area (Å²) in [6.45, 7) is 10.2. The second kappa shape index (κ2) is 10.1. The molecule has 0 radical (unpaired) electrons. The standard InChI is InChI=1S/C21H32N4O4S/c1-6-22-20(24-14-21(5,26)19-10-9-17(4)29-19)23-11-12-25-30(27,28)18-13-15(2)7-8-16(18)3/h7-10,13,25-26H,6,11-12,14H2,1-5H3,(H2,22,23,24). The van der Waals surface area contributed by atoms with Crippen LogP contribution in [-0.4, -0.2) is 45.7 Å². The molecule has 0 saturated heterocycles. The minimum Gasteiger partial charge on any atom is -0.463 e. The summed E-state index contributed by atoms with van der Waals surface area (Å²) in [6, 6.07) is 8.86. The van der Waals surface area contributed by atoms with Crippen molar-refractivity contribution in [1.29, 1.82) is 0 Å². The molecule has 2 aromatic rings. The number of guanidine groups is 1. The maximum Gasteiger partial charge on any atom is 0.240 e. The average molecular weight is 437 g/mol. The molecule has 1 heterocycles. The van der Waals surface area contributed by atoms with Gasteiger partial charge in [-0.25, -0.2) is 18.1 Å². The van der Waals surface area contributed by atoms with Gasteiger partial charge in [-0.05, 0) is 63.9 Å². The fourth-order valence-electron chi connectivity index (χ4n) is 2.82. The van der Waals surface area contributed by atoms with Crippen LogP contribution in [-0.2, 0) is 15.6 Å². The average Bonchev–Trinajstić information content (AvgIpc) is 3.12. The van der Waals surface area contributed by atoms with E-state index in [2.05, 4.69) is 20.3 Å². The molecular weight excluding hydrogens is 404 g/mol. The highest BCUT2D eigenvalue weighted by atomic mass is 32.2. The number of benzene rings is 1. The van der Waals surface area contributed by atoms with Gasteiger partial charge in [-0.3, -0.25) is 0 Å². The predicted octanol–water partition coefficient (Wildman–Crippen LogP) is 1.95. The Morgan fingerprint density at radius 3 is 2.50 bits per heavy atom. The van der Waals surface area contributed by atoms with Crippen LogP contribution in [0.2, 0.25) is 0 Å². The van der Waals surface area contributed by atoms with Crippen molar-refractivity contribution in [3.05, 3.63) is 53.0 Å². The molecule has 1 atom stereocenters. The van der Waals surface area contributed by atoms with Crippen LogP contribution in [0.15, 0.2) is 44.6 Å². The molecule has 0 spiro atoms. The topological polar surface area (TPSA) is 116 Å². The summed E-state index contributed by atoms with van der Waals surface area (Å²) < 4.78 is 33.2. The molecule has 1 aromatic heterocycles. The Kier molecular flexibility index (Phi) is 8.05. The molecule has 2 rings (SSSR count). The molecular formula is C21H32N4O4S. The van der Waals surface area contributed by atoms with Crippen molar-refractivity contribution >= 4 is 16.0 Å². The largest absolute Gasteiger partial charge is 0.463 e. The summed E-state index contributed by atoms with van der Waals surface area (Å²) in [5.41, 5.74) is 0.340. The minimum atomic E-state index is -3.60. The van der Waals surface area contributed by atoms with E-state index < -0.39 is 15.6 Å².